The maximum absolute atomic E-state index is 11.6. The molecule has 0 aromatic heterocycles. The Balaban J connectivity index is 3.96. The average molecular weight is 262 g/mol. The zero-order chi connectivity index (χ0) is 13.0. The SMILES string of the molecule is CC(C)(C(=O)O)S(=O)CCOCC(F)(F)F. The fourth-order valence-corrected chi connectivity index (χ4v) is 1.65. The molecule has 0 saturated heterocycles. The molecule has 0 radical (unpaired) electrons. The summed E-state index contributed by atoms with van der Waals surface area (Å²) < 4.78 is 49.1. The second kappa shape index (κ2) is 5.62. The van der Waals surface area contributed by atoms with E-state index in [1.54, 1.807) is 0 Å². The van der Waals surface area contributed by atoms with Crippen molar-refractivity contribution in [3.05, 3.63) is 0 Å². The Hall–Kier alpha value is -0.630. The molecule has 0 aliphatic rings. The number of halogens is 3. The Kier molecular flexibility index (Phi) is 5.40. The largest absolute Gasteiger partial charge is 0.480 e. The zero-order valence-electron chi connectivity index (χ0n) is 8.84. The van der Waals surface area contributed by atoms with Crippen molar-refractivity contribution < 1.29 is 32.0 Å². The van der Waals surface area contributed by atoms with Crippen molar-refractivity contribution in [1.82, 2.24) is 0 Å². The van der Waals surface area contributed by atoms with Gasteiger partial charge in [-0.25, -0.2) is 0 Å². The number of carboxylic acids is 1. The van der Waals surface area contributed by atoms with Crippen LogP contribution >= 0.6 is 0 Å². The first-order chi connectivity index (χ1) is 7.07. The Morgan fingerprint density at radius 3 is 2.25 bits per heavy atom. The van der Waals surface area contributed by atoms with Gasteiger partial charge < -0.3 is 9.84 Å². The summed E-state index contributed by atoms with van der Waals surface area (Å²) in [6, 6.07) is 0. The summed E-state index contributed by atoms with van der Waals surface area (Å²) in [5.41, 5.74) is 0. The highest BCUT2D eigenvalue weighted by molar-refractivity contribution is 7.87. The Labute approximate surface area is 93.2 Å². The number of hydrogen-bond acceptors (Lipinski definition) is 3. The van der Waals surface area contributed by atoms with Crippen molar-refractivity contribution in [2.75, 3.05) is 19.0 Å². The third kappa shape index (κ3) is 5.45. The van der Waals surface area contributed by atoms with Gasteiger partial charge >= 0.3 is 12.1 Å². The van der Waals surface area contributed by atoms with Gasteiger partial charge in [0.1, 0.15) is 11.4 Å². The van der Waals surface area contributed by atoms with Gasteiger partial charge in [0.25, 0.3) is 0 Å². The van der Waals surface area contributed by atoms with Crippen molar-refractivity contribution in [2.45, 2.75) is 24.8 Å². The van der Waals surface area contributed by atoms with E-state index in [0.717, 1.165) is 0 Å². The summed E-state index contributed by atoms with van der Waals surface area (Å²) >= 11 is 0. The molecule has 0 amide bonds. The maximum atomic E-state index is 11.6. The normalized spacial score (nSPS) is 14.8. The summed E-state index contributed by atoms with van der Waals surface area (Å²) in [4.78, 5) is 10.6. The number of alkyl halides is 3. The Morgan fingerprint density at radius 1 is 1.38 bits per heavy atom. The predicted octanol–water partition coefficient (Wildman–Crippen LogP) is 1.18. The summed E-state index contributed by atoms with van der Waals surface area (Å²) in [7, 11) is -1.78. The molecule has 16 heavy (non-hydrogen) atoms. The highest BCUT2D eigenvalue weighted by atomic mass is 32.2. The van der Waals surface area contributed by atoms with Crippen molar-refractivity contribution in [1.29, 1.82) is 0 Å². The molecule has 1 unspecified atom stereocenters. The molecule has 0 aromatic carbocycles. The molecular formula is C8H13F3O4S. The monoisotopic (exact) mass is 262 g/mol. The van der Waals surface area contributed by atoms with Crippen molar-refractivity contribution >= 4 is 16.8 Å². The third-order valence-corrected chi connectivity index (χ3v) is 3.61. The number of hydrogen-bond donors (Lipinski definition) is 1. The molecule has 0 aliphatic carbocycles. The number of ether oxygens (including phenoxy) is 1. The molecule has 0 heterocycles. The lowest BCUT2D eigenvalue weighted by Crippen LogP contribution is -2.38. The molecule has 0 saturated carbocycles. The molecule has 0 bridgehead atoms. The number of carbonyl (C=O) groups is 1. The van der Waals surface area contributed by atoms with Gasteiger partial charge in [0, 0.05) is 16.6 Å². The average Bonchev–Trinajstić information content (AvgIpc) is 2.10. The van der Waals surface area contributed by atoms with Gasteiger partial charge in [0.15, 0.2) is 0 Å². The van der Waals surface area contributed by atoms with Gasteiger partial charge in [0.2, 0.25) is 0 Å². The molecule has 0 aliphatic heterocycles. The van der Waals surface area contributed by atoms with Crippen LogP contribution in [0.5, 0.6) is 0 Å². The van der Waals surface area contributed by atoms with Crippen LogP contribution < -0.4 is 0 Å². The van der Waals surface area contributed by atoms with Crippen LogP contribution in [0.25, 0.3) is 0 Å². The first-order valence-corrected chi connectivity index (χ1v) is 5.65. The van der Waals surface area contributed by atoms with Gasteiger partial charge in [-0.05, 0) is 13.8 Å². The zero-order valence-corrected chi connectivity index (χ0v) is 9.65. The number of rotatable bonds is 6. The minimum Gasteiger partial charge on any atom is -0.480 e. The van der Waals surface area contributed by atoms with Crippen LogP contribution in [0.1, 0.15) is 13.8 Å². The summed E-state index contributed by atoms with van der Waals surface area (Å²) in [6.45, 7) is 0.685. The van der Waals surface area contributed by atoms with Gasteiger partial charge in [-0.3, -0.25) is 9.00 Å². The van der Waals surface area contributed by atoms with E-state index in [2.05, 4.69) is 4.74 Å². The molecule has 1 N–H and O–H groups in total. The van der Waals surface area contributed by atoms with E-state index >= 15 is 0 Å². The standard InChI is InChI=1S/C8H13F3O4S/c1-7(2,6(12)13)16(14)4-3-15-5-8(9,10)11/h3-5H2,1-2H3,(H,12,13). The first kappa shape index (κ1) is 15.4. The van der Waals surface area contributed by atoms with Crippen LogP contribution in [0.4, 0.5) is 13.2 Å². The fourth-order valence-electron chi connectivity index (χ4n) is 0.675. The van der Waals surface area contributed by atoms with Gasteiger partial charge in [-0.2, -0.15) is 13.2 Å². The van der Waals surface area contributed by atoms with Crippen LogP contribution in [0.15, 0.2) is 0 Å². The van der Waals surface area contributed by atoms with Crippen LogP contribution in [0.3, 0.4) is 0 Å². The van der Waals surface area contributed by atoms with Crippen molar-refractivity contribution in [3.63, 3.8) is 0 Å². The van der Waals surface area contributed by atoms with Crippen molar-refractivity contribution in [3.8, 4) is 0 Å². The van der Waals surface area contributed by atoms with Crippen molar-refractivity contribution in [2.24, 2.45) is 0 Å². The van der Waals surface area contributed by atoms with E-state index in [1.165, 1.54) is 13.8 Å². The highest BCUT2D eigenvalue weighted by Crippen LogP contribution is 2.16. The van der Waals surface area contributed by atoms with Gasteiger partial charge in [-0.15, -0.1) is 0 Å². The maximum Gasteiger partial charge on any atom is 0.411 e. The lowest BCUT2D eigenvalue weighted by atomic mass is 10.2. The minimum atomic E-state index is -4.43. The molecule has 8 heteroatoms. The van der Waals surface area contributed by atoms with Gasteiger partial charge in [-0.1, -0.05) is 0 Å². The van der Waals surface area contributed by atoms with E-state index < -0.39 is 34.3 Å². The van der Waals surface area contributed by atoms with Crippen LogP contribution in [-0.4, -0.2) is 45.2 Å². The molecular weight excluding hydrogens is 249 g/mol. The molecule has 0 fully saturated rings. The lowest BCUT2D eigenvalue weighted by molar-refractivity contribution is -0.172. The van der Waals surface area contributed by atoms with Gasteiger partial charge in [0.05, 0.1) is 6.61 Å². The highest BCUT2D eigenvalue weighted by Gasteiger charge is 2.34. The van der Waals surface area contributed by atoms with E-state index in [4.69, 9.17) is 5.11 Å². The molecule has 0 spiro atoms. The smallest absolute Gasteiger partial charge is 0.411 e. The summed E-state index contributed by atoms with van der Waals surface area (Å²) in [5, 5.41) is 8.68. The number of carboxylic acid groups (broad SMARTS) is 1. The van der Waals surface area contributed by atoms with E-state index in [1.807, 2.05) is 0 Å². The quantitative estimate of drug-likeness (QED) is 0.730. The van der Waals surface area contributed by atoms with E-state index in [-0.39, 0.29) is 12.4 Å². The molecule has 96 valence electrons. The number of aliphatic carboxylic acids is 1. The second-order valence-corrected chi connectivity index (χ2v) is 5.65. The lowest BCUT2D eigenvalue weighted by Gasteiger charge is -2.18. The topological polar surface area (TPSA) is 63.6 Å². The fraction of sp³-hybridized carbons (Fsp3) is 0.875. The van der Waals surface area contributed by atoms with E-state index in [9.17, 15) is 22.2 Å². The summed E-state index contributed by atoms with van der Waals surface area (Å²) in [6.07, 6.45) is -4.43. The molecule has 4 nitrogen and oxygen atoms in total. The van der Waals surface area contributed by atoms with Crippen LogP contribution in [0.2, 0.25) is 0 Å². The molecule has 1 atom stereocenters. The predicted molar refractivity (Wildman–Crippen MR) is 51.6 cm³/mol. The van der Waals surface area contributed by atoms with Crippen LogP contribution in [0, 0.1) is 0 Å². The van der Waals surface area contributed by atoms with E-state index in [0.29, 0.717) is 0 Å². The summed E-state index contributed by atoms with van der Waals surface area (Å²) in [5.74, 6) is -1.50. The van der Waals surface area contributed by atoms with Crippen LogP contribution in [-0.2, 0) is 20.3 Å². The third-order valence-electron chi connectivity index (χ3n) is 1.76. The molecule has 0 rings (SSSR count). The molecule has 0 aromatic rings. The first-order valence-electron chi connectivity index (χ1n) is 4.34. The minimum absolute atomic E-state index is 0.241. The Morgan fingerprint density at radius 2 is 1.88 bits per heavy atom. The Bertz CT molecular complexity index is 275. The second-order valence-electron chi connectivity index (χ2n) is 3.53.